The van der Waals surface area contributed by atoms with E-state index in [0.717, 1.165) is 0 Å². The van der Waals surface area contributed by atoms with Gasteiger partial charge in [-0.1, -0.05) is 0 Å². The lowest BCUT2D eigenvalue weighted by atomic mass is 10.4. The van der Waals surface area contributed by atoms with Crippen LogP contribution in [0.4, 0.5) is 0 Å². The van der Waals surface area contributed by atoms with E-state index >= 15 is 0 Å². The first kappa shape index (κ1) is 30.4. The molecule has 0 aromatic rings. The quantitative estimate of drug-likeness (QED) is 0.194. The number of hydrogen-bond donors (Lipinski definition) is 11. The summed E-state index contributed by atoms with van der Waals surface area (Å²) in [5.41, 5.74) is 0. The molecule has 0 rings (SSSR count). The molecule has 0 unspecified atom stereocenters. The van der Waals surface area contributed by atoms with E-state index in [-0.39, 0.29) is 39.6 Å². The van der Waals surface area contributed by atoms with E-state index in [9.17, 15) is 0 Å². The first-order chi connectivity index (χ1) is 10.4. The molecule has 146 valence electrons. The van der Waals surface area contributed by atoms with Crippen LogP contribution in [0.15, 0.2) is 0 Å². The van der Waals surface area contributed by atoms with Gasteiger partial charge in [0.15, 0.2) is 0 Å². The predicted molar refractivity (Wildman–Crippen MR) is 74.7 cm³/mol. The minimum atomic E-state index is -4.67. The number of aliphatic hydroxyl groups excluding tert-OH is 9. The Balaban J connectivity index is -0.000000105. The fraction of sp³-hybridized carbons (Fsp3) is 1.00. The van der Waals surface area contributed by atoms with Gasteiger partial charge in [0, 0.05) is 0 Å². The summed E-state index contributed by atoms with van der Waals surface area (Å²) in [6.07, 6.45) is -2.86. The van der Waals surface area contributed by atoms with Gasteiger partial charge in [0.1, 0.15) is 18.3 Å². The molecular formula is C9H26O13S. The van der Waals surface area contributed by atoms with E-state index in [0.29, 0.717) is 0 Å². The molecule has 0 fully saturated rings. The van der Waals surface area contributed by atoms with E-state index < -0.39 is 28.7 Å². The topological polar surface area (TPSA) is 257 Å². The minimum Gasteiger partial charge on any atom is -0.394 e. The molecule has 0 aliphatic heterocycles. The molecule has 23 heavy (non-hydrogen) atoms. The molecule has 0 spiro atoms. The van der Waals surface area contributed by atoms with Crippen LogP contribution in [0.1, 0.15) is 0 Å². The maximum absolute atomic E-state index is 8.74. The van der Waals surface area contributed by atoms with Gasteiger partial charge in [0.05, 0.1) is 39.6 Å². The second kappa shape index (κ2) is 21.5. The summed E-state index contributed by atoms with van der Waals surface area (Å²) < 4.78 is 31.6. The fourth-order valence-electron chi connectivity index (χ4n) is 0.173. The third-order valence-corrected chi connectivity index (χ3v) is 1.26. The van der Waals surface area contributed by atoms with E-state index in [4.69, 9.17) is 63.5 Å². The van der Waals surface area contributed by atoms with Crippen molar-refractivity contribution in [3.63, 3.8) is 0 Å². The highest BCUT2D eigenvalue weighted by molar-refractivity contribution is 7.79. The smallest absolute Gasteiger partial charge is 0.394 e. The van der Waals surface area contributed by atoms with Gasteiger partial charge in [-0.25, -0.2) is 0 Å². The highest BCUT2D eigenvalue weighted by Crippen LogP contribution is 1.72. The summed E-state index contributed by atoms with van der Waals surface area (Å²) in [7, 11) is -4.67. The lowest BCUT2D eigenvalue weighted by Gasteiger charge is -1.96. The zero-order valence-corrected chi connectivity index (χ0v) is 12.9. The van der Waals surface area contributed by atoms with Crippen LogP contribution in [-0.4, -0.2) is 121 Å². The van der Waals surface area contributed by atoms with Gasteiger partial charge in [-0.05, 0) is 0 Å². The molecule has 11 N–H and O–H groups in total. The Morgan fingerprint density at radius 2 is 0.609 bits per heavy atom. The fourth-order valence-corrected chi connectivity index (χ4v) is 0.173. The second-order valence-electron chi connectivity index (χ2n) is 3.50. The van der Waals surface area contributed by atoms with Crippen LogP contribution in [0.25, 0.3) is 0 Å². The standard InChI is InChI=1S/3C3H8O3.H2O4S/c3*4-1-3(6)2-5;1-5(2,3)4/h3*3-6H,1-2H2;(H2,1,2,3,4). The molecule has 0 aromatic carbocycles. The average Bonchev–Trinajstić information content (AvgIpc) is 2.51. The molecule has 0 amide bonds. The zero-order chi connectivity index (χ0) is 19.5. The summed E-state index contributed by atoms with van der Waals surface area (Å²) in [6, 6.07) is 0. The summed E-state index contributed by atoms with van der Waals surface area (Å²) >= 11 is 0. The monoisotopic (exact) mass is 374 g/mol. The Hall–Kier alpha value is -0.490. The average molecular weight is 374 g/mol. The van der Waals surface area contributed by atoms with Crippen molar-refractivity contribution >= 4 is 10.4 Å². The molecule has 0 saturated carbocycles. The van der Waals surface area contributed by atoms with E-state index in [1.165, 1.54) is 0 Å². The second-order valence-corrected chi connectivity index (χ2v) is 4.40. The van der Waals surface area contributed by atoms with E-state index in [1.807, 2.05) is 0 Å². The third-order valence-electron chi connectivity index (χ3n) is 1.26. The molecule has 0 aliphatic rings. The first-order valence-electron chi connectivity index (χ1n) is 5.82. The van der Waals surface area contributed by atoms with Crippen molar-refractivity contribution in [3.05, 3.63) is 0 Å². The van der Waals surface area contributed by atoms with Crippen LogP contribution in [0, 0.1) is 0 Å². The SMILES string of the molecule is O=S(=O)(O)O.OCC(O)CO.OCC(O)CO.OCC(O)CO. The van der Waals surface area contributed by atoms with Gasteiger partial charge in [-0.3, -0.25) is 9.11 Å². The van der Waals surface area contributed by atoms with Crippen LogP contribution in [-0.2, 0) is 10.4 Å². The Labute approximate surface area is 132 Å². The van der Waals surface area contributed by atoms with Crippen molar-refractivity contribution in [2.75, 3.05) is 39.6 Å². The number of aliphatic hydroxyl groups is 9. The van der Waals surface area contributed by atoms with Gasteiger partial charge in [-0.15, -0.1) is 0 Å². The third kappa shape index (κ3) is 61.8. The Morgan fingerprint density at radius 3 is 0.609 bits per heavy atom. The summed E-state index contributed by atoms with van der Waals surface area (Å²) in [5.74, 6) is 0. The molecule has 0 radical (unpaired) electrons. The zero-order valence-electron chi connectivity index (χ0n) is 12.1. The maximum Gasteiger partial charge on any atom is 0.394 e. The van der Waals surface area contributed by atoms with Crippen molar-refractivity contribution in [2.45, 2.75) is 18.3 Å². The molecule has 13 nitrogen and oxygen atoms in total. The van der Waals surface area contributed by atoms with Crippen molar-refractivity contribution in [1.82, 2.24) is 0 Å². The van der Waals surface area contributed by atoms with Crippen LogP contribution < -0.4 is 0 Å². The van der Waals surface area contributed by atoms with Gasteiger partial charge < -0.3 is 46.0 Å². The van der Waals surface area contributed by atoms with Crippen LogP contribution in [0.5, 0.6) is 0 Å². The van der Waals surface area contributed by atoms with Crippen molar-refractivity contribution in [1.29, 1.82) is 0 Å². The molecule has 0 heterocycles. The first-order valence-corrected chi connectivity index (χ1v) is 7.22. The number of hydrogen-bond acceptors (Lipinski definition) is 11. The van der Waals surface area contributed by atoms with E-state index in [1.54, 1.807) is 0 Å². The maximum atomic E-state index is 8.74. The molecule has 0 aliphatic carbocycles. The minimum absolute atomic E-state index is 0.365. The summed E-state index contributed by atoms with van der Waals surface area (Å²) in [4.78, 5) is 0. The normalized spacial score (nSPS) is 10.3. The van der Waals surface area contributed by atoms with Crippen LogP contribution in [0.3, 0.4) is 0 Å². The van der Waals surface area contributed by atoms with Gasteiger partial charge >= 0.3 is 10.4 Å². The highest BCUT2D eigenvalue weighted by atomic mass is 32.3. The Bertz CT molecular complexity index is 252. The van der Waals surface area contributed by atoms with Crippen molar-refractivity contribution in [3.8, 4) is 0 Å². The van der Waals surface area contributed by atoms with Gasteiger partial charge in [-0.2, -0.15) is 8.42 Å². The van der Waals surface area contributed by atoms with Crippen LogP contribution >= 0.6 is 0 Å². The molecule has 0 saturated heterocycles. The predicted octanol–water partition coefficient (Wildman–Crippen LogP) is -5.66. The van der Waals surface area contributed by atoms with Crippen molar-refractivity contribution < 1.29 is 63.5 Å². The summed E-state index contributed by atoms with van der Waals surface area (Å²) in [5, 5.41) is 72.0. The molecule has 0 atom stereocenters. The molecule has 0 aromatic heterocycles. The molecule has 0 bridgehead atoms. The van der Waals surface area contributed by atoms with Gasteiger partial charge in [0.25, 0.3) is 0 Å². The lowest BCUT2D eigenvalue weighted by molar-refractivity contribution is 0.0450. The van der Waals surface area contributed by atoms with E-state index in [2.05, 4.69) is 0 Å². The molecular weight excluding hydrogens is 348 g/mol. The lowest BCUT2D eigenvalue weighted by Crippen LogP contribution is -2.15. The molecule has 14 heteroatoms. The highest BCUT2D eigenvalue weighted by Gasteiger charge is 1.94. The Kier molecular flexibility index (Phi) is 28.4. The number of rotatable bonds is 6. The van der Waals surface area contributed by atoms with Gasteiger partial charge in [0.2, 0.25) is 0 Å². The van der Waals surface area contributed by atoms with Crippen LogP contribution in [0.2, 0.25) is 0 Å². The summed E-state index contributed by atoms with van der Waals surface area (Å²) in [6.45, 7) is -2.19. The largest absolute Gasteiger partial charge is 0.394 e. The Morgan fingerprint density at radius 1 is 0.522 bits per heavy atom. The van der Waals surface area contributed by atoms with Crippen molar-refractivity contribution in [2.24, 2.45) is 0 Å².